The number of hydrogen-bond donors (Lipinski definition) is 1. The predicted molar refractivity (Wildman–Crippen MR) is 97.4 cm³/mol. The van der Waals surface area contributed by atoms with Gasteiger partial charge >= 0.3 is 0 Å². The minimum absolute atomic E-state index is 0.0886. The Hall–Kier alpha value is -1.72. The maximum absolute atomic E-state index is 12.7. The van der Waals surface area contributed by atoms with Gasteiger partial charge in [-0.3, -0.25) is 4.79 Å². The van der Waals surface area contributed by atoms with E-state index in [0.717, 1.165) is 36.8 Å². The topological polar surface area (TPSA) is 45.2 Å². The molecule has 2 aliphatic rings. The first-order valence-electron chi connectivity index (χ1n) is 8.67. The Labute approximate surface area is 146 Å². The Morgan fingerprint density at radius 3 is 2.50 bits per heavy atom. The summed E-state index contributed by atoms with van der Waals surface area (Å²) in [4.78, 5) is 19.3. The number of nitrogens with one attached hydrogen (secondary N) is 1. The summed E-state index contributed by atoms with van der Waals surface area (Å²) in [6.45, 7) is 8.20. The summed E-state index contributed by atoms with van der Waals surface area (Å²) >= 11 is 1.55. The summed E-state index contributed by atoms with van der Waals surface area (Å²) in [5.74, 6) is 1.86. The first kappa shape index (κ1) is 15.8. The van der Waals surface area contributed by atoms with Crippen molar-refractivity contribution in [3.05, 3.63) is 40.9 Å². The average Bonchev–Trinajstić information content (AvgIpc) is 3.29. The van der Waals surface area contributed by atoms with Crippen LogP contribution in [-0.2, 0) is 0 Å². The molecule has 0 radical (unpaired) electrons. The van der Waals surface area contributed by atoms with E-state index in [-0.39, 0.29) is 5.91 Å². The number of nitrogens with zero attached hydrogens (tertiary/aromatic N) is 2. The fourth-order valence-corrected chi connectivity index (χ4v) is 4.50. The van der Waals surface area contributed by atoms with Gasteiger partial charge < -0.3 is 10.2 Å². The Morgan fingerprint density at radius 1 is 1.21 bits per heavy atom. The van der Waals surface area contributed by atoms with Crippen molar-refractivity contribution in [2.24, 2.45) is 11.8 Å². The number of amides is 1. The lowest BCUT2D eigenvalue weighted by Gasteiger charge is -2.15. The highest BCUT2D eigenvalue weighted by Crippen LogP contribution is 2.29. The van der Waals surface area contributed by atoms with Crippen LogP contribution in [0.3, 0.4) is 0 Å². The van der Waals surface area contributed by atoms with E-state index in [9.17, 15) is 4.79 Å². The van der Waals surface area contributed by atoms with Crippen molar-refractivity contribution in [3.8, 4) is 10.6 Å². The van der Waals surface area contributed by atoms with Gasteiger partial charge in [-0.1, -0.05) is 38.1 Å². The van der Waals surface area contributed by atoms with Crippen molar-refractivity contribution >= 4 is 17.2 Å². The third kappa shape index (κ3) is 2.87. The third-order valence-corrected chi connectivity index (χ3v) is 6.12. The Morgan fingerprint density at radius 2 is 1.88 bits per heavy atom. The first-order chi connectivity index (χ1) is 11.6. The summed E-state index contributed by atoms with van der Waals surface area (Å²) in [6, 6.07) is 8.51. The Balaban J connectivity index is 1.49. The maximum Gasteiger partial charge on any atom is 0.273 e. The van der Waals surface area contributed by atoms with E-state index in [1.165, 1.54) is 5.56 Å². The van der Waals surface area contributed by atoms with E-state index < -0.39 is 0 Å². The van der Waals surface area contributed by atoms with Crippen molar-refractivity contribution in [1.29, 1.82) is 0 Å². The van der Waals surface area contributed by atoms with Crippen LogP contribution < -0.4 is 5.32 Å². The van der Waals surface area contributed by atoms with Crippen LogP contribution in [0.2, 0.25) is 0 Å². The SMILES string of the molecule is CC(C)c1ccc(-c2nc(C(=O)N3C[C@H]4CNC[C@H]4C3)cs2)cc1. The van der Waals surface area contributed by atoms with E-state index in [1.807, 2.05) is 10.3 Å². The molecule has 1 aromatic carbocycles. The number of carbonyl (C=O) groups is 1. The number of carbonyl (C=O) groups excluding carboxylic acids is 1. The molecule has 0 saturated carbocycles. The molecule has 0 spiro atoms. The molecule has 2 atom stereocenters. The van der Waals surface area contributed by atoms with Crippen LogP contribution in [0.4, 0.5) is 0 Å². The lowest BCUT2D eigenvalue weighted by Crippen LogP contribution is -2.32. The molecule has 0 unspecified atom stereocenters. The molecule has 126 valence electrons. The van der Waals surface area contributed by atoms with Crippen molar-refractivity contribution in [2.75, 3.05) is 26.2 Å². The van der Waals surface area contributed by atoms with Gasteiger partial charge in [0.2, 0.25) is 0 Å². The zero-order valence-corrected chi connectivity index (χ0v) is 15.0. The molecule has 1 amide bonds. The maximum atomic E-state index is 12.7. The monoisotopic (exact) mass is 341 g/mol. The quantitative estimate of drug-likeness (QED) is 0.932. The van der Waals surface area contributed by atoms with Gasteiger partial charge in [0.25, 0.3) is 5.91 Å². The van der Waals surface area contributed by atoms with Gasteiger partial charge in [-0.2, -0.15) is 0 Å². The third-order valence-electron chi connectivity index (χ3n) is 5.22. The molecule has 2 aliphatic heterocycles. The number of aromatic nitrogens is 1. The Kier molecular flexibility index (Phi) is 4.14. The van der Waals surface area contributed by atoms with E-state index in [4.69, 9.17) is 0 Å². The summed E-state index contributed by atoms with van der Waals surface area (Å²) in [5.41, 5.74) is 3.01. The molecular formula is C19H23N3OS. The summed E-state index contributed by atoms with van der Waals surface area (Å²) < 4.78 is 0. The molecule has 0 bridgehead atoms. The van der Waals surface area contributed by atoms with Gasteiger partial charge in [0, 0.05) is 37.1 Å². The molecule has 2 fully saturated rings. The number of hydrogen-bond acceptors (Lipinski definition) is 4. The van der Waals surface area contributed by atoms with Gasteiger partial charge in [-0.25, -0.2) is 4.98 Å². The molecule has 4 rings (SSSR count). The second-order valence-electron chi connectivity index (χ2n) is 7.20. The number of thiazole rings is 1. The average molecular weight is 341 g/mol. The molecule has 24 heavy (non-hydrogen) atoms. The van der Waals surface area contributed by atoms with Crippen LogP contribution in [0.1, 0.15) is 35.8 Å². The lowest BCUT2D eigenvalue weighted by atomic mass is 10.0. The zero-order valence-electron chi connectivity index (χ0n) is 14.2. The van der Waals surface area contributed by atoms with Crippen LogP contribution in [0, 0.1) is 11.8 Å². The number of likely N-dealkylation sites (tertiary alicyclic amines) is 1. The highest BCUT2D eigenvalue weighted by atomic mass is 32.1. The molecule has 2 aromatic rings. The standard InChI is InChI=1S/C19H23N3OS/c1-12(2)13-3-5-14(6-4-13)18-21-17(11-24-18)19(23)22-9-15-7-20-8-16(15)10-22/h3-6,11-12,15-16,20H,7-10H2,1-2H3/t15-,16+. The molecular weight excluding hydrogens is 318 g/mol. The van der Waals surface area contributed by atoms with Crippen molar-refractivity contribution in [1.82, 2.24) is 15.2 Å². The highest BCUT2D eigenvalue weighted by molar-refractivity contribution is 7.13. The van der Waals surface area contributed by atoms with Gasteiger partial charge in [0.15, 0.2) is 0 Å². The lowest BCUT2D eigenvalue weighted by molar-refractivity contribution is 0.0777. The fourth-order valence-electron chi connectivity index (χ4n) is 3.70. The fraction of sp³-hybridized carbons (Fsp3) is 0.474. The largest absolute Gasteiger partial charge is 0.337 e. The molecule has 5 heteroatoms. The van der Waals surface area contributed by atoms with E-state index in [1.54, 1.807) is 11.3 Å². The summed E-state index contributed by atoms with van der Waals surface area (Å²) in [6.07, 6.45) is 0. The smallest absolute Gasteiger partial charge is 0.273 e. The van der Waals surface area contributed by atoms with Gasteiger partial charge in [0.05, 0.1) is 0 Å². The molecule has 4 nitrogen and oxygen atoms in total. The first-order valence-corrected chi connectivity index (χ1v) is 9.55. The number of benzene rings is 1. The van der Waals surface area contributed by atoms with Crippen molar-refractivity contribution in [3.63, 3.8) is 0 Å². The molecule has 1 aromatic heterocycles. The zero-order chi connectivity index (χ0) is 16.7. The van der Waals surface area contributed by atoms with Crippen LogP contribution in [0.5, 0.6) is 0 Å². The predicted octanol–water partition coefficient (Wildman–Crippen LogP) is 3.22. The summed E-state index contributed by atoms with van der Waals surface area (Å²) in [7, 11) is 0. The molecule has 0 aliphatic carbocycles. The number of fused-ring (bicyclic) bond motifs is 1. The highest BCUT2D eigenvalue weighted by Gasteiger charge is 2.38. The van der Waals surface area contributed by atoms with Crippen LogP contribution >= 0.6 is 11.3 Å². The molecule has 3 heterocycles. The van der Waals surface area contributed by atoms with Crippen molar-refractivity contribution in [2.45, 2.75) is 19.8 Å². The van der Waals surface area contributed by atoms with E-state index in [2.05, 4.69) is 48.4 Å². The van der Waals surface area contributed by atoms with Crippen LogP contribution in [0.15, 0.2) is 29.6 Å². The Bertz CT molecular complexity index is 725. The normalized spacial score (nSPS) is 23.0. The minimum Gasteiger partial charge on any atom is -0.337 e. The molecule has 2 saturated heterocycles. The van der Waals surface area contributed by atoms with E-state index >= 15 is 0 Å². The van der Waals surface area contributed by atoms with Gasteiger partial charge in [-0.05, 0) is 23.3 Å². The van der Waals surface area contributed by atoms with Crippen LogP contribution in [0.25, 0.3) is 10.6 Å². The number of rotatable bonds is 3. The second kappa shape index (κ2) is 6.30. The van der Waals surface area contributed by atoms with Crippen LogP contribution in [-0.4, -0.2) is 42.0 Å². The van der Waals surface area contributed by atoms with Crippen molar-refractivity contribution < 1.29 is 4.79 Å². The van der Waals surface area contributed by atoms with Gasteiger partial charge in [0.1, 0.15) is 10.7 Å². The molecule has 1 N–H and O–H groups in total. The van der Waals surface area contributed by atoms with Gasteiger partial charge in [-0.15, -0.1) is 11.3 Å². The summed E-state index contributed by atoms with van der Waals surface area (Å²) in [5, 5.41) is 6.24. The minimum atomic E-state index is 0.0886. The van der Waals surface area contributed by atoms with E-state index in [0.29, 0.717) is 23.4 Å². The second-order valence-corrected chi connectivity index (χ2v) is 8.06.